The van der Waals surface area contributed by atoms with Gasteiger partial charge in [-0.05, 0) is 81.3 Å². The Morgan fingerprint density at radius 2 is 1.55 bits per heavy atom. The average Bonchev–Trinajstić information content (AvgIpc) is 3.82. The summed E-state index contributed by atoms with van der Waals surface area (Å²) in [7, 11) is 1.37. The van der Waals surface area contributed by atoms with E-state index in [0.717, 1.165) is 29.2 Å². The zero-order valence-corrected chi connectivity index (χ0v) is 33.5. The molecular formula is C40H47F5N6O9. The van der Waals surface area contributed by atoms with Crippen molar-refractivity contribution in [2.45, 2.75) is 109 Å². The molecule has 3 N–H and O–H groups in total. The summed E-state index contributed by atoms with van der Waals surface area (Å²) in [5, 5.41) is 7.60. The minimum Gasteiger partial charge on any atom is -0.458 e. The smallest absolute Gasteiger partial charge is 0.458 e. The van der Waals surface area contributed by atoms with Crippen LogP contribution in [0.5, 0.6) is 5.75 Å². The lowest BCUT2D eigenvalue weighted by atomic mass is 10.0. The number of amides is 6. The number of halogens is 5. The second kappa shape index (κ2) is 18.6. The Bertz CT molecular complexity index is 1960. The van der Waals surface area contributed by atoms with Gasteiger partial charge in [-0.2, -0.15) is 0 Å². The van der Waals surface area contributed by atoms with E-state index >= 15 is 0 Å². The van der Waals surface area contributed by atoms with E-state index in [4.69, 9.17) is 4.74 Å². The van der Waals surface area contributed by atoms with Gasteiger partial charge in [0.2, 0.25) is 35.4 Å². The molecule has 0 spiro atoms. The standard InChI is InChI=1S/C40H47F5N6O9/c1-20-13-31-39(58)59-23(4)33(38(57)50-12-6-7-30(50)37(56)49(5)22(3)34(53)46-21(2)36(55)51(31)19-20)48-35(54)29(16-25-14-26(41)18-27(42)15-25)47-32(52)17-24-8-10-28(11-9-24)60-40(43,44)45/h8-11,14-15,18,20-23,29-31,33H,6-7,12-13,16-17,19H2,1-5H3,(H,46,53)(H,47,52)(H,48,54)/t20-,21-,22-,23-,29-,30?,31?,33-/m0/s1. The third-order valence-electron chi connectivity index (χ3n) is 10.8. The van der Waals surface area contributed by atoms with Crippen LogP contribution in [0, 0.1) is 17.6 Å². The summed E-state index contributed by atoms with van der Waals surface area (Å²) < 4.78 is 76.2. The number of fused-ring (bicyclic) bond motifs is 2. The van der Waals surface area contributed by atoms with Gasteiger partial charge in [-0.1, -0.05) is 19.1 Å². The number of esters is 1. The van der Waals surface area contributed by atoms with Crippen LogP contribution in [0.3, 0.4) is 0 Å². The minimum atomic E-state index is -4.95. The first kappa shape index (κ1) is 45.3. The molecule has 3 aliphatic rings. The maximum Gasteiger partial charge on any atom is 0.573 e. The van der Waals surface area contributed by atoms with E-state index in [2.05, 4.69) is 20.7 Å². The van der Waals surface area contributed by atoms with Crippen molar-refractivity contribution in [3.63, 3.8) is 0 Å². The largest absolute Gasteiger partial charge is 0.573 e. The van der Waals surface area contributed by atoms with Crippen molar-refractivity contribution < 1.29 is 65.0 Å². The predicted octanol–water partition coefficient (Wildman–Crippen LogP) is 2.14. The molecule has 6 amide bonds. The molecule has 0 saturated carbocycles. The zero-order valence-electron chi connectivity index (χ0n) is 33.5. The molecule has 326 valence electrons. The number of nitrogens with one attached hydrogen (secondary N) is 3. The highest BCUT2D eigenvalue weighted by atomic mass is 19.4. The minimum absolute atomic E-state index is 0.0334. The van der Waals surface area contributed by atoms with Crippen LogP contribution in [0.15, 0.2) is 42.5 Å². The first-order chi connectivity index (χ1) is 28.1. The third-order valence-corrected chi connectivity index (χ3v) is 10.8. The Labute approximate surface area is 342 Å². The number of hydrogen-bond acceptors (Lipinski definition) is 9. The van der Waals surface area contributed by atoms with E-state index in [-0.39, 0.29) is 43.0 Å². The Kier molecular flexibility index (Phi) is 14.0. The van der Waals surface area contributed by atoms with Crippen molar-refractivity contribution in [1.29, 1.82) is 0 Å². The number of hydrogen-bond donors (Lipinski definition) is 3. The maximum absolute atomic E-state index is 14.5. The summed E-state index contributed by atoms with van der Waals surface area (Å²) in [5.74, 6) is -8.24. The molecule has 2 unspecified atom stereocenters. The van der Waals surface area contributed by atoms with Gasteiger partial charge in [0.05, 0.1) is 6.42 Å². The molecule has 3 aliphatic heterocycles. The summed E-state index contributed by atoms with van der Waals surface area (Å²) >= 11 is 0. The van der Waals surface area contributed by atoms with Crippen molar-refractivity contribution in [3.8, 4) is 5.75 Å². The van der Waals surface area contributed by atoms with Gasteiger partial charge in [-0.25, -0.2) is 13.6 Å². The van der Waals surface area contributed by atoms with Crippen molar-refractivity contribution in [3.05, 3.63) is 65.2 Å². The van der Waals surface area contributed by atoms with Crippen LogP contribution in [0.2, 0.25) is 0 Å². The van der Waals surface area contributed by atoms with E-state index in [0.29, 0.717) is 12.5 Å². The number of alkyl halides is 3. The number of ether oxygens (including phenoxy) is 2. The number of carbonyl (C=O) groups excluding carboxylic acids is 7. The molecule has 0 radical (unpaired) electrons. The van der Waals surface area contributed by atoms with E-state index in [9.17, 15) is 55.5 Å². The van der Waals surface area contributed by atoms with Crippen LogP contribution in [-0.2, 0) is 51.1 Å². The average molecular weight is 851 g/mol. The fourth-order valence-electron chi connectivity index (χ4n) is 7.60. The molecule has 20 heteroatoms. The first-order valence-electron chi connectivity index (χ1n) is 19.4. The fourth-order valence-corrected chi connectivity index (χ4v) is 7.60. The molecule has 15 nitrogen and oxygen atoms in total. The maximum atomic E-state index is 14.5. The molecule has 2 aromatic carbocycles. The van der Waals surface area contributed by atoms with E-state index < -0.39 is 120 Å². The fraction of sp³-hybridized carbons (Fsp3) is 0.525. The monoisotopic (exact) mass is 850 g/mol. The van der Waals surface area contributed by atoms with Crippen molar-refractivity contribution in [2.24, 2.45) is 5.92 Å². The SMILES string of the molecule is C[C@H]1CC2C(=O)O[C@@H](C)[C@H](NC(=O)[C@H](Cc3cc(F)cc(F)c3)NC(=O)Cc3ccc(OC(F)(F)F)cc3)C(=O)N3CCCC3C(=O)N(C)[C@@H](C)C(=O)N[C@@H](C)C(=O)N2C1. The summed E-state index contributed by atoms with van der Waals surface area (Å²) in [6.07, 6.45) is -6.71. The lowest BCUT2D eigenvalue weighted by Crippen LogP contribution is -2.62. The number of carbonyl (C=O) groups is 7. The number of rotatable bonds is 8. The van der Waals surface area contributed by atoms with Crippen LogP contribution >= 0.6 is 0 Å². The lowest BCUT2D eigenvalue weighted by Gasteiger charge is -2.36. The Balaban J connectivity index is 1.47. The summed E-state index contributed by atoms with van der Waals surface area (Å²) in [5.41, 5.74) is 0.127. The van der Waals surface area contributed by atoms with Gasteiger partial charge < -0.3 is 40.1 Å². The van der Waals surface area contributed by atoms with Gasteiger partial charge in [0, 0.05) is 32.6 Å². The highest BCUT2D eigenvalue weighted by molar-refractivity contribution is 5.98. The number of likely N-dealkylation sites (N-methyl/N-ethyl adjacent to an activating group) is 1. The third kappa shape index (κ3) is 11.1. The highest BCUT2D eigenvalue weighted by Gasteiger charge is 2.46. The van der Waals surface area contributed by atoms with Crippen LogP contribution < -0.4 is 20.7 Å². The molecule has 3 fully saturated rings. The van der Waals surface area contributed by atoms with Gasteiger partial charge in [0.15, 0.2) is 0 Å². The van der Waals surface area contributed by atoms with Crippen LogP contribution in [0.1, 0.15) is 58.1 Å². The first-order valence-corrected chi connectivity index (χ1v) is 19.4. The van der Waals surface area contributed by atoms with Crippen LogP contribution in [-0.4, -0.2) is 125 Å². The predicted molar refractivity (Wildman–Crippen MR) is 200 cm³/mol. The molecule has 8 atom stereocenters. The lowest BCUT2D eigenvalue weighted by molar-refractivity contribution is -0.274. The molecular weight excluding hydrogens is 803 g/mol. The van der Waals surface area contributed by atoms with Crippen molar-refractivity contribution in [1.82, 2.24) is 30.7 Å². The topological polar surface area (TPSA) is 184 Å². The van der Waals surface area contributed by atoms with Gasteiger partial charge in [0.1, 0.15) is 59.7 Å². The highest BCUT2D eigenvalue weighted by Crippen LogP contribution is 2.28. The van der Waals surface area contributed by atoms with Gasteiger partial charge in [-0.15, -0.1) is 13.2 Å². The van der Waals surface area contributed by atoms with Crippen LogP contribution in [0.25, 0.3) is 0 Å². The molecule has 0 bridgehead atoms. The molecule has 3 saturated heterocycles. The Hall–Kier alpha value is -5.82. The molecule has 0 aliphatic carbocycles. The Morgan fingerprint density at radius 1 is 0.900 bits per heavy atom. The van der Waals surface area contributed by atoms with E-state index in [1.54, 1.807) is 0 Å². The second-order valence-electron chi connectivity index (χ2n) is 15.5. The summed E-state index contributed by atoms with van der Waals surface area (Å²) in [6.45, 7) is 6.20. The molecule has 0 aromatic heterocycles. The molecule has 60 heavy (non-hydrogen) atoms. The quantitative estimate of drug-likeness (QED) is 0.265. The van der Waals surface area contributed by atoms with Gasteiger partial charge in [-0.3, -0.25) is 28.8 Å². The number of cyclic esters (lactones) is 1. The van der Waals surface area contributed by atoms with Gasteiger partial charge >= 0.3 is 12.3 Å². The number of nitrogens with zero attached hydrogens (tertiary/aromatic N) is 3. The molecule has 2 aromatic rings. The Morgan fingerprint density at radius 3 is 2.18 bits per heavy atom. The van der Waals surface area contributed by atoms with E-state index in [1.165, 1.54) is 49.8 Å². The summed E-state index contributed by atoms with van der Waals surface area (Å²) in [6, 6.07) is -1.02. The van der Waals surface area contributed by atoms with Crippen LogP contribution in [0.4, 0.5) is 22.0 Å². The second-order valence-corrected chi connectivity index (χ2v) is 15.5. The van der Waals surface area contributed by atoms with Crippen molar-refractivity contribution in [2.75, 3.05) is 20.1 Å². The molecule has 3 heterocycles. The molecule has 5 rings (SSSR count). The van der Waals surface area contributed by atoms with Crippen molar-refractivity contribution >= 4 is 41.4 Å². The summed E-state index contributed by atoms with van der Waals surface area (Å²) in [4.78, 5) is 100. The normalized spacial score (nSPS) is 26.2. The van der Waals surface area contributed by atoms with Gasteiger partial charge in [0.25, 0.3) is 0 Å². The zero-order chi connectivity index (χ0) is 44.2. The number of benzene rings is 2. The van der Waals surface area contributed by atoms with E-state index in [1.807, 2.05) is 6.92 Å².